The minimum absolute atomic E-state index is 0.152. The van der Waals surface area contributed by atoms with Gasteiger partial charge in [-0.25, -0.2) is 4.98 Å². The Morgan fingerprint density at radius 2 is 2.04 bits per heavy atom. The van der Waals surface area contributed by atoms with Crippen LogP contribution in [0.25, 0.3) is 5.69 Å². The smallest absolute Gasteiger partial charge is 0.251 e. The Bertz CT molecular complexity index is 917. The number of nitrogens with two attached hydrogens (primary N) is 1. The molecule has 0 aliphatic heterocycles. The van der Waals surface area contributed by atoms with Gasteiger partial charge in [-0.2, -0.15) is 0 Å². The van der Waals surface area contributed by atoms with E-state index in [1.54, 1.807) is 6.92 Å². The molecule has 0 saturated heterocycles. The van der Waals surface area contributed by atoms with Crippen molar-refractivity contribution in [2.24, 2.45) is 5.73 Å². The van der Waals surface area contributed by atoms with E-state index in [0.717, 1.165) is 16.4 Å². The Kier molecular flexibility index (Phi) is 4.77. The van der Waals surface area contributed by atoms with Crippen LogP contribution in [-0.2, 0) is 12.3 Å². The second-order valence-corrected chi connectivity index (χ2v) is 6.28. The number of para-hydroxylation sites is 1. The number of rotatable bonds is 5. The number of hydrogen-bond donors (Lipinski definition) is 2. The number of nitrogens with one attached hydrogen (secondary N) is 1. The Morgan fingerprint density at radius 3 is 2.75 bits per heavy atom. The van der Waals surface area contributed by atoms with Gasteiger partial charge >= 0.3 is 0 Å². The highest BCUT2D eigenvalue weighted by molar-refractivity contribution is 7.98. The van der Waals surface area contributed by atoms with Gasteiger partial charge < -0.3 is 10.7 Å². The van der Waals surface area contributed by atoms with Crippen LogP contribution in [0.1, 0.15) is 22.9 Å². The Morgan fingerprint density at radius 1 is 1.25 bits per heavy atom. The number of thioether (sulfide) groups is 1. The van der Waals surface area contributed by atoms with E-state index in [-0.39, 0.29) is 5.56 Å². The monoisotopic (exact) mass is 342 g/mol. The van der Waals surface area contributed by atoms with Crippen LogP contribution in [0.15, 0.2) is 40.3 Å². The fourth-order valence-electron chi connectivity index (χ4n) is 2.44. The summed E-state index contributed by atoms with van der Waals surface area (Å²) in [6, 6.07) is 9.50. The van der Waals surface area contributed by atoms with Gasteiger partial charge in [0, 0.05) is 11.8 Å². The zero-order valence-electron chi connectivity index (χ0n) is 13.5. The van der Waals surface area contributed by atoms with Crippen molar-refractivity contribution >= 4 is 11.8 Å². The third-order valence-corrected chi connectivity index (χ3v) is 4.46. The van der Waals surface area contributed by atoms with Crippen LogP contribution >= 0.6 is 11.8 Å². The minimum atomic E-state index is -0.152. The molecule has 3 N–H and O–H groups in total. The molecule has 0 radical (unpaired) electrons. The number of H-pyrrole nitrogens is 1. The summed E-state index contributed by atoms with van der Waals surface area (Å²) in [4.78, 5) is 18.5. The third-order valence-electron chi connectivity index (χ3n) is 3.50. The highest BCUT2D eigenvalue weighted by atomic mass is 32.2. The average molecular weight is 342 g/mol. The number of benzene rings is 1. The number of nitrogens with zero attached hydrogens (tertiary/aromatic N) is 4. The molecule has 124 valence electrons. The molecular weight excluding hydrogens is 324 g/mol. The van der Waals surface area contributed by atoms with Gasteiger partial charge in [0.25, 0.3) is 5.56 Å². The van der Waals surface area contributed by atoms with Crippen LogP contribution in [0.2, 0.25) is 0 Å². The first kappa shape index (κ1) is 16.4. The van der Waals surface area contributed by atoms with Gasteiger partial charge in [0.1, 0.15) is 5.82 Å². The van der Waals surface area contributed by atoms with Crippen LogP contribution < -0.4 is 11.3 Å². The van der Waals surface area contributed by atoms with E-state index in [1.165, 1.54) is 17.8 Å². The fraction of sp³-hybridized carbons (Fsp3) is 0.250. The molecule has 0 bridgehead atoms. The second-order valence-electron chi connectivity index (χ2n) is 5.34. The van der Waals surface area contributed by atoms with E-state index in [9.17, 15) is 4.79 Å². The molecule has 0 unspecified atom stereocenters. The van der Waals surface area contributed by atoms with E-state index in [2.05, 4.69) is 20.2 Å². The molecule has 2 aromatic heterocycles. The lowest BCUT2D eigenvalue weighted by Gasteiger charge is -2.11. The summed E-state index contributed by atoms with van der Waals surface area (Å²) in [7, 11) is 0. The molecule has 0 saturated carbocycles. The molecule has 0 aliphatic rings. The number of aromatic amines is 1. The zero-order chi connectivity index (χ0) is 17.1. The SMILES string of the molecule is Cc1nc(CSc2nnc(CN)n2-c2ccccc2C)cc(=O)[nH]1. The van der Waals surface area contributed by atoms with Crippen molar-refractivity contribution in [2.75, 3.05) is 0 Å². The molecule has 0 aliphatic carbocycles. The summed E-state index contributed by atoms with van der Waals surface area (Å²) in [6.45, 7) is 4.09. The molecule has 0 spiro atoms. The van der Waals surface area contributed by atoms with Gasteiger partial charge in [-0.3, -0.25) is 9.36 Å². The van der Waals surface area contributed by atoms with Crippen LogP contribution in [0.4, 0.5) is 0 Å². The molecule has 3 aromatic rings. The van der Waals surface area contributed by atoms with Crippen molar-refractivity contribution < 1.29 is 0 Å². The molecule has 1 aromatic carbocycles. The largest absolute Gasteiger partial charge is 0.324 e. The van der Waals surface area contributed by atoms with E-state index in [4.69, 9.17) is 5.73 Å². The molecule has 2 heterocycles. The van der Waals surface area contributed by atoms with Crippen molar-refractivity contribution in [3.8, 4) is 5.69 Å². The van der Waals surface area contributed by atoms with Crippen molar-refractivity contribution in [3.05, 3.63) is 63.6 Å². The second kappa shape index (κ2) is 6.98. The maximum atomic E-state index is 11.6. The molecule has 3 rings (SSSR count). The summed E-state index contributed by atoms with van der Waals surface area (Å²) >= 11 is 1.48. The van der Waals surface area contributed by atoms with Gasteiger partial charge in [-0.1, -0.05) is 30.0 Å². The van der Waals surface area contributed by atoms with Gasteiger partial charge in [-0.15, -0.1) is 10.2 Å². The van der Waals surface area contributed by atoms with Crippen LogP contribution in [0, 0.1) is 13.8 Å². The molecule has 8 heteroatoms. The Balaban J connectivity index is 1.93. The fourth-order valence-corrected chi connectivity index (χ4v) is 3.29. The summed E-state index contributed by atoms with van der Waals surface area (Å²) in [5, 5.41) is 9.15. The lowest BCUT2D eigenvalue weighted by Crippen LogP contribution is -2.10. The van der Waals surface area contributed by atoms with Gasteiger partial charge in [0.2, 0.25) is 0 Å². The standard InChI is InChI=1S/C16H18N6OS/c1-10-5-3-4-6-13(10)22-14(8-17)20-21-16(22)24-9-12-7-15(23)19-11(2)18-12/h3-7H,8-9,17H2,1-2H3,(H,18,19,23). The van der Waals surface area contributed by atoms with E-state index < -0.39 is 0 Å². The number of hydrogen-bond acceptors (Lipinski definition) is 6. The Labute approximate surface area is 143 Å². The summed E-state index contributed by atoms with van der Waals surface area (Å²) in [6.07, 6.45) is 0. The lowest BCUT2D eigenvalue weighted by molar-refractivity contribution is 0.818. The topological polar surface area (TPSA) is 102 Å². The Hall–Kier alpha value is -2.45. The summed E-state index contributed by atoms with van der Waals surface area (Å²) in [5.41, 5.74) is 8.47. The molecular formula is C16H18N6OS. The average Bonchev–Trinajstić information content (AvgIpc) is 2.95. The highest BCUT2D eigenvalue weighted by Crippen LogP contribution is 2.26. The molecule has 0 atom stereocenters. The van der Waals surface area contributed by atoms with E-state index in [1.807, 2.05) is 35.8 Å². The highest BCUT2D eigenvalue weighted by Gasteiger charge is 2.15. The molecule has 0 fully saturated rings. The summed E-state index contributed by atoms with van der Waals surface area (Å²) in [5.74, 6) is 1.82. The molecule has 24 heavy (non-hydrogen) atoms. The predicted molar refractivity (Wildman–Crippen MR) is 93.1 cm³/mol. The van der Waals surface area contributed by atoms with Crippen molar-refractivity contribution in [1.29, 1.82) is 0 Å². The van der Waals surface area contributed by atoms with Crippen molar-refractivity contribution in [2.45, 2.75) is 31.3 Å². The molecule has 7 nitrogen and oxygen atoms in total. The minimum Gasteiger partial charge on any atom is -0.324 e. The molecule has 0 amide bonds. The number of aryl methyl sites for hydroxylation is 2. The van der Waals surface area contributed by atoms with Crippen LogP contribution in [-0.4, -0.2) is 24.7 Å². The first-order valence-electron chi connectivity index (χ1n) is 7.48. The van der Waals surface area contributed by atoms with Crippen LogP contribution in [0.5, 0.6) is 0 Å². The zero-order valence-corrected chi connectivity index (χ0v) is 14.3. The third kappa shape index (κ3) is 3.39. The van der Waals surface area contributed by atoms with Gasteiger partial charge in [-0.05, 0) is 25.5 Å². The van der Waals surface area contributed by atoms with E-state index in [0.29, 0.717) is 29.6 Å². The van der Waals surface area contributed by atoms with Crippen molar-refractivity contribution in [3.63, 3.8) is 0 Å². The van der Waals surface area contributed by atoms with E-state index >= 15 is 0 Å². The maximum Gasteiger partial charge on any atom is 0.251 e. The normalized spacial score (nSPS) is 11.0. The first-order chi connectivity index (χ1) is 11.6. The summed E-state index contributed by atoms with van der Waals surface area (Å²) < 4.78 is 1.96. The maximum absolute atomic E-state index is 11.6. The van der Waals surface area contributed by atoms with Crippen LogP contribution in [0.3, 0.4) is 0 Å². The predicted octanol–water partition coefficient (Wildman–Crippen LogP) is 1.72. The lowest BCUT2D eigenvalue weighted by atomic mass is 10.2. The first-order valence-corrected chi connectivity index (χ1v) is 8.47. The van der Waals surface area contributed by atoms with Gasteiger partial charge in [0.05, 0.1) is 17.9 Å². The quantitative estimate of drug-likeness (QED) is 0.685. The van der Waals surface area contributed by atoms with Gasteiger partial charge in [0.15, 0.2) is 11.0 Å². The number of aromatic nitrogens is 5. The van der Waals surface area contributed by atoms with Crippen molar-refractivity contribution in [1.82, 2.24) is 24.7 Å².